The summed E-state index contributed by atoms with van der Waals surface area (Å²) in [5, 5.41) is 14.0. The second-order valence-electron chi connectivity index (χ2n) is 9.75. The number of hydrogen-bond donors (Lipinski definition) is 3. The third-order valence-electron chi connectivity index (χ3n) is 6.17. The van der Waals surface area contributed by atoms with Gasteiger partial charge in [0.2, 0.25) is 23.4 Å². The molecule has 0 aliphatic carbocycles. The molecule has 3 aromatic rings. The second kappa shape index (κ2) is 14.2. The lowest BCUT2D eigenvalue weighted by molar-refractivity contribution is -0.141. The van der Waals surface area contributed by atoms with E-state index < -0.39 is 89.2 Å². The Morgan fingerprint density at radius 3 is 2.16 bits per heavy atom. The van der Waals surface area contributed by atoms with Gasteiger partial charge in [0.1, 0.15) is 24.4 Å². The standard InChI is InChI=1S/C29H27F4N3O7/c1-15(2)26(36-10-6-9-19(29(36)42)34-22(38)11-16-7-4-3-5-8-16)28(41)35-20(13-23(39)40)21(37)14-43-27-24(32)17(30)12-18(31)25(27)33/h3-10,12,15,20,26H,11,13-14H2,1-2H3,(H,34,38)(H,35,41)(H,39,40)/t20?,26-/m0/s1. The largest absolute Gasteiger partial charge is 0.481 e. The number of pyridine rings is 1. The molecule has 14 heteroatoms. The van der Waals surface area contributed by atoms with Gasteiger partial charge in [0, 0.05) is 12.3 Å². The van der Waals surface area contributed by atoms with Gasteiger partial charge in [-0.2, -0.15) is 8.78 Å². The number of nitrogens with zero attached hydrogens (tertiary/aromatic N) is 1. The Bertz CT molecular complexity index is 1550. The van der Waals surface area contributed by atoms with Crippen LogP contribution < -0.4 is 20.9 Å². The molecule has 0 aliphatic rings. The molecule has 2 amide bonds. The predicted molar refractivity (Wildman–Crippen MR) is 144 cm³/mol. The molecule has 1 heterocycles. The van der Waals surface area contributed by atoms with Gasteiger partial charge in [0.25, 0.3) is 5.56 Å². The van der Waals surface area contributed by atoms with E-state index in [0.29, 0.717) is 5.56 Å². The van der Waals surface area contributed by atoms with Gasteiger partial charge in [-0.3, -0.25) is 24.0 Å². The van der Waals surface area contributed by atoms with Crippen molar-refractivity contribution in [1.29, 1.82) is 0 Å². The van der Waals surface area contributed by atoms with E-state index in [4.69, 9.17) is 0 Å². The zero-order valence-electron chi connectivity index (χ0n) is 22.9. The maximum Gasteiger partial charge on any atom is 0.305 e. The van der Waals surface area contributed by atoms with E-state index in [-0.39, 0.29) is 18.2 Å². The molecule has 43 heavy (non-hydrogen) atoms. The first-order chi connectivity index (χ1) is 20.3. The molecular weight excluding hydrogens is 578 g/mol. The number of halogens is 4. The summed E-state index contributed by atoms with van der Waals surface area (Å²) in [6.45, 7) is 1.88. The summed E-state index contributed by atoms with van der Waals surface area (Å²) in [6, 6.07) is 8.26. The molecule has 228 valence electrons. The average Bonchev–Trinajstić information content (AvgIpc) is 2.93. The van der Waals surface area contributed by atoms with Crippen LogP contribution in [0.3, 0.4) is 0 Å². The number of ketones is 1. The van der Waals surface area contributed by atoms with E-state index in [9.17, 15) is 46.6 Å². The highest BCUT2D eigenvalue weighted by molar-refractivity contribution is 5.94. The van der Waals surface area contributed by atoms with Crippen LogP contribution >= 0.6 is 0 Å². The summed E-state index contributed by atoms with van der Waals surface area (Å²) in [5.74, 6) is -13.8. The maximum atomic E-state index is 13.9. The molecule has 2 atom stereocenters. The van der Waals surface area contributed by atoms with Gasteiger partial charge in [-0.1, -0.05) is 44.2 Å². The number of carboxylic acids is 1. The number of Topliss-reactive ketones (excluding diaryl/α,β-unsaturated/α-hetero) is 1. The van der Waals surface area contributed by atoms with Crippen LogP contribution in [0.5, 0.6) is 5.75 Å². The van der Waals surface area contributed by atoms with Crippen LogP contribution in [0.2, 0.25) is 0 Å². The van der Waals surface area contributed by atoms with Gasteiger partial charge in [-0.25, -0.2) is 8.78 Å². The van der Waals surface area contributed by atoms with Gasteiger partial charge in [-0.05, 0) is 23.6 Å². The van der Waals surface area contributed by atoms with Crippen molar-refractivity contribution in [3.05, 3.63) is 93.9 Å². The second-order valence-corrected chi connectivity index (χ2v) is 9.75. The first-order valence-electron chi connectivity index (χ1n) is 12.9. The molecule has 0 radical (unpaired) electrons. The van der Waals surface area contributed by atoms with Crippen molar-refractivity contribution in [2.24, 2.45) is 5.92 Å². The summed E-state index contributed by atoms with van der Waals surface area (Å²) >= 11 is 0. The monoisotopic (exact) mass is 605 g/mol. The minimum Gasteiger partial charge on any atom is -0.481 e. The van der Waals surface area contributed by atoms with Crippen LogP contribution in [-0.4, -0.2) is 45.9 Å². The van der Waals surface area contributed by atoms with Crippen molar-refractivity contribution >= 4 is 29.3 Å². The molecule has 2 aromatic carbocycles. The van der Waals surface area contributed by atoms with Crippen LogP contribution in [0.1, 0.15) is 31.9 Å². The minimum absolute atomic E-state index is 0.0274. The lowest BCUT2D eigenvalue weighted by atomic mass is 10.0. The molecular formula is C29H27F4N3O7. The lowest BCUT2D eigenvalue weighted by Gasteiger charge is -2.25. The number of benzene rings is 2. The van der Waals surface area contributed by atoms with Crippen molar-refractivity contribution in [2.75, 3.05) is 11.9 Å². The van der Waals surface area contributed by atoms with Crippen molar-refractivity contribution < 1.29 is 46.6 Å². The Hall–Kier alpha value is -5.01. The minimum atomic E-state index is -1.92. The van der Waals surface area contributed by atoms with Crippen molar-refractivity contribution in [1.82, 2.24) is 9.88 Å². The van der Waals surface area contributed by atoms with Crippen LogP contribution in [0.15, 0.2) is 59.5 Å². The van der Waals surface area contributed by atoms with Crippen LogP contribution in [0.4, 0.5) is 23.2 Å². The molecule has 0 spiro atoms. The summed E-state index contributed by atoms with van der Waals surface area (Å²) in [7, 11) is 0. The van der Waals surface area contributed by atoms with E-state index in [2.05, 4.69) is 15.4 Å². The molecule has 1 unspecified atom stereocenters. The summed E-state index contributed by atoms with van der Waals surface area (Å²) in [5.41, 5.74) is -0.206. The normalized spacial score (nSPS) is 12.3. The van der Waals surface area contributed by atoms with Gasteiger partial charge in [0.05, 0.1) is 12.8 Å². The molecule has 0 bridgehead atoms. The van der Waals surface area contributed by atoms with E-state index >= 15 is 0 Å². The summed E-state index contributed by atoms with van der Waals surface area (Å²) in [4.78, 5) is 63.2. The number of carboxylic acid groups (broad SMARTS) is 1. The Morgan fingerprint density at radius 1 is 0.953 bits per heavy atom. The Labute approximate surface area is 242 Å². The van der Waals surface area contributed by atoms with Crippen molar-refractivity contribution in [3.8, 4) is 5.75 Å². The van der Waals surface area contributed by atoms with Gasteiger partial charge in [0.15, 0.2) is 23.2 Å². The average molecular weight is 606 g/mol. The van der Waals surface area contributed by atoms with Gasteiger partial charge >= 0.3 is 5.97 Å². The molecule has 10 nitrogen and oxygen atoms in total. The third-order valence-corrected chi connectivity index (χ3v) is 6.17. The third kappa shape index (κ3) is 8.27. The molecule has 0 aliphatic heterocycles. The predicted octanol–water partition coefficient (Wildman–Crippen LogP) is 3.39. The van der Waals surface area contributed by atoms with Crippen LogP contribution in [0.25, 0.3) is 0 Å². The fraction of sp³-hybridized carbons (Fsp3) is 0.276. The molecule has 3 rings (SSSR count). The number of hydrogen-bond acceptors (Lipinski definition) is 6. The number of aromatic nitrogens is 1. The summed E-state index contributed by atoms with van der Waals surface area (Å²) in [6.07, 6.45) is 0.243. The van der Waals surface area contributed by atoms with Crippen LogP contribution in [0, 0.1) is 29.2 Å². The number of carbonyl (C=O) groups is 4. The van der Waals surface area contributed by atoms with Gasteiger partial charge < -0.3 is 25.0 Å². The van der Waals surface area contributed by atoms with E-state index in [1.54, 1.807) is 44.2 Å². The first kappa shape index (κ1) is 32.5. The molecule has 0 saturated carbocycles. The smallest absolute Gasteiger partial charge is 0.305 e. The molecule has 0 fully saturated rings. The number of anilines is 1. The molecule has 0 saturated heterocycles. The Morgan fingerprint density at radius 2 is 1.58 bits per heavy atom. The number of ether oxygens (including phenoxy) is 1. The van der Waals surface area contributed by atoms with Crippen LogP contribution in [-0.2, 0) is 25.6 Å². The van der Waals surface area contributed by atoms with E-state index in [1.165, 1.54) is 18.3 Å². The fourth-order valence-corrected chi connectivity index (χ4v) is 4.15. The Balaban J connectivity index is 1.80. The highest BCUT2D eigenvalue weighted by atomic mass is 19.2. The van der Waals surface area contributed by atoms with E-state index in [1.807, 2.05) is 0 Å². The number of nitrogens with one attached hydrogen (secondary N) is 2. The van der Waals surface area contributed by atoms with Gasteiger partial charge in [-0.15, -0.1) is 0 Å². The highest BCUT2D eigenvalue weighted by Crippen LogP contribution is 2.26. The fourth-order valence-electron chi connectivity index (χ4n) is 4.15. The number of rotatable bonds is 13. The maximum absolute atomic E-state index is 13.9. The topological polar surface area (TPSA) is 144 Å². The molecule has 1 aromatic heterocycles. The van der Waals surface area contributed by atoms with E-state index in [0.717, 1.165) is 4.57 Å². The van der Waals surface area contributed by atoms with Crippen molar-refractivity contribution in [3.63, 3.8) is 0 Å². The zero-order valence-corrected chi connectivity index (χ0v) is 22.9. The first-order valence-corrected chi connectivity index (χ1v) is 12.9. The number of amides is 2. The van der Waals surface area contributed by atoms with Crippen molar-refractivity contribution in [2.45, 2.75) is 38.8 Å². The number of aliphatic carboxylic acids is 1. The number of carbonyl (C=O) groups excluding carboxylic acids is 3. The zero-order chi connectivity index (χ0) is 31.8. The molecule has 3 N–H and O–H groups in total. The Kier molecular flexibility index (Phi) is 10.8. The summed E-state index contributed by atoms with van der Waals surface area (Å²) < 4.78 is 60.4. The quantitative estimate of drug-likeness (QED) is 0.200. The highest BCUT2D eigenvalue weighted by Gasteiger charge is 2.32. The lowest BCUT2D eigenvalue weighted by Crippen LogP contribution is -2.49. The SMILES string of the molecule is CC(C)[C@@H](C(=O)NC(CC(=O)O)C(=O)COc1c(F)c(F)cc(F)c1F)n1cccc(NC(=O)Cc2ccccc2)c1=O.